The second-order valence-corrected chi connectivity index (χ2v) is 11.5. The second-order valence-electron chi connectivity index (χ2n) is 11.5. The molecule has 1 aliphatic rings. The summed E-state index contributed by atoms with van der Waals surface area (Å²) < 4.78 is 10.9. The van der Waals surface area contributed by atoms with E-state index in [0.29, 0.717) is 48.7 Å². The summed E-state index contributed by atoms with van der Waals surface area (Å²) in [6, 6.07) is 22.7. The van der Waals surface area contributed by atoms with Crippen LogP contribution in [0.15, 0.2) is 79.1 Å². The number of para-hydroxylation sites is 2. The van der Waals surface area contributed by atoms with Crippen LogP contribution in [0.1, 0.15) is 36.0 Å². The van der Waals surface area contributed by atoms with Crippen LogP contribution in [-0.4, -0.2) is 66.4 Å². The van der Waals surface area contributed by atoms with Crippen LogP contribution in [0.2, 0.25) is 0 Å². The number of aromatic amines is 2. The average molecular weight is 608 g/mol. The predicted octanol–water partition coefficient (Wildman–Crippen LogP) is 6.39. The van der Waals surface area contributed by atoms with Gasteiger partial charge in [-0.15, -0.1) is 0 Å². The number of aromatic nitrogens is 2. The quantitative estimate of drug-likeness (QED) is 0.0767. The Morgan fingerprint density at radius 1 is 0.889 bits per heavy atom. The van der Waals surface area contributed by atoms with E-state index < -0.39 is 0 Å². The molecule has 1 fully saturated rings. The van der Waals surface area contributed by atoms with Gasteiger partial charge in [-0.1, -0.05) is 36.4 Å². The highest BCUT2D eigenvalue weighted by atomic mass is 16.5. The largest absolute Gasteiger partial charge is 0.497 e. The highest BCUT2D eigenvalue weighted by molar-refractivity contribution is 5.99. The zero-order valence-electron chi connectivity index (χ0n) is 26.5. The number of nitrogens with zero attached hydrogens (tertiary/aromatic N) is 1. The summed E-state index contributed by atoms with van der Waals surface area (Å²) in [4.78, 5) is 8.29. The number of nitrogens with one attached hydrogen (secondary N) is 6. The number of amidine groups is 2. The minimum absolute atomic E-state index is 0.379. The van der Waals surface area contributed by atoms with Crippen molar-refractivity contribution in [3.05, 3.63) is 95.8 Å². The standard InChI is InChI=1S/C27H36N6O2.C9H9N/c1-34-22-11-9-20(25(14-22)35-2)18-33(27(29)17-30-16-21-6-5-13-31-21)26(28)12-10-19-15-32-24-8-4-3-7-23(19)24;1-7-6-10-9-5-3-2-4-8(7)9/h3-4,7-9,11,14-15,21,28-32H,5-6,10,12-13,16-18H2,1-2H3;2-6,10H,1H3. The molecule has 3 heterocycles. The molecule has 0 spiro atoms. The van der Waals surface area contributed by atoms with E-state index in [1.54, 1.807) is 19.1 Å². The Hall–Kier alpha value is -4.60. The number of rotatable bonds is 11. The van der Waals surface area contributed by atoms with Gasteiger partial charge in [0.2, 0.25) is 0 Å². The van der Waals surface area contributed by atoms with Crippen molar-refractivity contribution in [2.45, 2.75) is 45.2 Å². The van der Waals surface area contributed by atoms with Crippen molar-refractivity contribution in [2.75, 3.05) is 33.9 Å². The van der Waals surface area contributed by atoms with E-state index in [2.05, 4.69) is 57.9 Å². The number of benzene rings is 3. The van der Waals surface area contributed by atoms with Gasteiger partial charge in [0.25, 0.3) is 0 Å². The van der Waals surface area contributed by atoms with Crippen molar-refractivity contribution in [1.29, 1.82) is 10.8 Å². The molecule has 3 aromatic carbocycles. The summed E-state index contributed by atoms with van der Waals surface area (Å²) in [5.74, 6) is 2.20. The molecule has 6 N–H and O–H groups in total. The molecule has 1 atom stereocenters. The Morgan fingerprint density at radius 3 is 2.33 bits per heavy atom. The smallest absolute Gasteiger partial charge is 0.127 e. The van der Waals surface area contributed by atoms with Gasteiger partial charge in [-0.05, 0) is 68.1 Å². The molecule has 2 aromatic heterocycles. The monoisotopic (exact) mass is 607 g/mol. The molecule has 0 saturated carbocycles. The Morgan fingerprint density at radius 2 is 1.62 bits per heavy atom. The number of hydrogen-bond acceptors (Lipinski definition) is 6. The number of aryl methyl sites for hydroxylation is 2. The maximum Gasteiger partial charge on any atom is 0.127 e. The molecular formula is C36H45N7O2. The zero-order valence-corrected chi connectivity index (χ0v) is 26.5. The number of methoxy groups -OCH3 is 2. The van der Waals surface area contributed by atoms with Crippen LogP contribution in [-0.2, 0) is 13.0 Å². The lowest BCUT2D eigenvalue weighted by Gasteiger charge is -2.27. The topological polar surface area (TPSA) is 125 Å². The lowest BCUT2D eigenvalue weighted by molar-refractivity contribution is 0.387. The van der Waals surface area contributed by atoms with Crippen molar-refractivity contribution < 1.29 is 9.47 Å². The maximum atomic E-state index is 8.91. The fraction of sp³-hybridized carbons (Fsp3) is 0.333. The molecule has 0 aliphatic carbocycles. The van der Waals surface area contributed by atoms with Gasteiger partial charge in [-0.3, -0.25) is 10.8 Å². The van der Waals surface area contributed by atoms with Gasteiger partial charge in [0.1, 0.15) is 23.2 Å². The van der Waals surface area contributed by atoms with Crippen LogP contribution in [0.5, 0.6) is 11.5 Å². The molecule has 9 heteroatoms. The fourth-order valence-corrected chi connectivity index (χ4v) is 5.84. The molecule has 236 valence electrons. The number of hydrogen-bond donors (Lipinski definition) is 6. The van der Waals surface area contributed by atoms with Crippen LogP contribution < -0.4 is 20.1 Å². The lowest BCUT2D eigenvalue weighted by Crippen LogP contribution is -2.43. The van der Waals surface area contributed by atoms with Crippen molar-refractivity contribution in [3.63, 3.8) is 0 Å². The van der Waals surface area contributed by atoms with Gasteiger partial charge in [0.15, 0.2) is 0 Å². The average Bonchev–Trinajstić information content (AvgIpc) is 3.83. The van der Waals surface area contributed by atoms with Crippen molar-refractivity contribution in [3.8, 4) is 11.5 Å². The Kier molecular flexibility index (Phi) is 10.9. The molecule has 0 radical (unpaired) electrons. The molecule has 0 amide bonds. The first-order valence-corrected chi connectivity index (χ1v) is 15.6. The number of fused-ring (bicyclic) bond motifs is 2. The fourth-order valence-electron chi connectivity index (χ4n) is 5.84. The van der Waals surface area contributed by atoms with Gasteiger partial charge in [-0.2, -0.15) is 0 Å². The van der Waals surface area contributed by atoms with E-state index in [1.165, 1.54) is 33.8 Å². The Labute approximate surface area is 265 Å². The Bertz CT molecular complexity index is 1720. The van der Waals surface area contributed by atoms with E-state index in [4.69, 9.17) is 20.3 Å². The van der Waals surface area contributed by atoms with E-state index in [9.17, 15) is 0 Å². The summed E-state index contributed by atoms with van der Waals surface area (Å²) in [7, 11) is 3.26. The highest BCUT2D eigenvalue weighted by Crippen LogP contribution is 2.27. The SMILES string of the molecule is COc1ccc(CN(C(=N)CCc2c[nH]c3ccccc23)C(=N)CNCC2CCCN2)c(OC)c1.Cc1c[nH]c2ccccc12. The summed E-state index contributed by atoms with van der Waals surface area (Å²) in [6.07, 6.45) is 7.68. The minimum atomic E-state index is 0.379. The highest BCUT2D eigenvalue weighted by Gasteiger charge is 2.20. The van der Waals surface area contributed by atoms with E-state index in [1.807, 2.05) is 48.8 Å². The van der Waals surface area contributed by atoms with Crippen LogP contribution in [0, 0.1) is 17.7 Å². The van der Waals surface area contributed by atoms with E-state index in [-0.39, 0.29) is 0 Å². The summed E-state index contributed by atoms with van der Waals surface area (Å²) in [5, 5.41) is 27.1. The summed E-state index contributed by atoms with van der Waals surface area (Å²) in [6.45, 7) is 4.80. The van der Waals surface area contributed by atoms with Gasteiger partial charge >= 0.3 is 0 Å². The first-order chi connectivity index (χ1) is 22.0. The van der Waals surface area contributed by atoms with Crippen LogP contribution >= 0.6 is 0 Å². The minimum Gasteiger partial charge on any atom is -0.497 e. The number of ether oxygens (including phenoxy) is 2. The van der Waals surface area contributed by atoms with Crippen molar-refractivity contribution in [1.82, 2.24) is 25.5 Å². The molecule has 6 rings (SSSR count). The predicted molar refractivity (Wildman–Crippen MR) is 184 cm³/mol. The first kappa shape index (κ1) is 31.8. The molecule has 9 nitrogen and oxygen atoms in total. The van der Waals surface area contributed by atoms with Crippen LogP contribution in [0.25, 0.3) is 21.8 Å². The molecule has 1 saturated heterocycles. The first-order valence-electron chi connectivity index (χ1n) is 15.6. The maximum absolute atomic E-state index is 8.91. The van der Waals surface area contributed by atoms with Crippen molar-refractivity contribution >= 4 is 33.5 Å². The van der Waals surface area contributed by atoms with Gasteiger partial charge in [-0.25, -0.2) is 0 Å². The summed E-state index contributed by atoms with van der Waals surface area (Å²) in [5.41, 5.74) is 5.73. The van der Waals surface area contributed by atoms with Gasteiger partial charge in [0.05, 0.1) is 27.3 Å². The third-order valence-electron chi connectivity index (χ3n) is 8.42. The molecule has 0 bridgehead atoms. The normalized spacial score (nSPS) is 14.2. The van der Waals surface area contributed by atoms with E-state index >= 15 is 0 Å². The van der Waals surface area contributed by atoms with Crippen molar-refractivity contribution in [2.24, 2.45) is 0 Å². The zero-order chi connectivity index (χ0) is 31.6. The third kappa shape index (κ3) is 8.12. The van der Waals surface area contributed by atoms with Crippen LogP contribution in [0.3, 0.4) is 0 Å². The summed E-state index contributed by atoms with van der Waals surface area (Å²) >= 11 is 0. The molecule has 5 aromatic rings. The van der Waals surface area contributed by atoms with Gasteiger partial charge in [0, 0.05) is 64.8 Å². The Balaban J connectivity index is 0.000000336. The van der Waals surface area contributed by atoms with E-state index in [0.717, 1.165) is 37.0 Å². The lowest BCUT2D eigenvalue weighted by atomic mass is 10.1. The third-order valence-corrected chi connectivity index (χ3v) is 8.42. The molecular weight excluding hydrogens is 562 g/mol. The van der Waals surface area contributed by atoms with Crippen LogP contribution in [0.4, 0.5) is 0 Å². The number of H-pyrrole nitrogens is 2. The molecule has 1 aliphatic heterocycles. The molecule has 45 heavy (non-hydrogen) atoms. The van der Waals surface area contributed by atoms with Gasteiger partial charge < -0.3 is 35.0 Å². The molecule has 1 unspecified atom stereocenters. The second kappa shape index (κ2) is 15.4.